The van der Waals surface area contributed by atoms with Crippen molar-refractivity contribution in [2.24, 2.45) is 0 Å². The third-order valence-electron chi connectivity index (χ3n) is 2.42. The second kappa shape index (κ2) is 4.33. The molecule has 1 radical (unpaired) electrons. The molecule has 1 aromatic carbocycles. The van der Waals surface area contributed by atoms with Crippen LogP contribution in [0.2, 0.25) is 13.1 Å². The summed E-state index contributed by atoms with van der Waals surface area (Å²) in [6.07, 6.45) is 4.62. The third kappa shape index (κ3) is 1.99. The van der Waals surface area contributed by atoms with E-state index < -0.39 is 0 Å². The summed E-state index contributed by atoms with van der Waals surface area (Å²) >= 11 is 0. The van der Waals surface area contributed by atoms with Gasteiger partial charge in [-0.3, -0.25) is 0 Å². The van der Waals surface area contributed by atoms with Crippen molar-refractivity contribution in [1.82, 2.24) is 0 Å². The molecule has 0 nitrogen and oxygen atoms in total. The van der Waals surface area contributed by atoms with Crippen LogP contribution in [0.1, 0.15) is 18.1 Å². The topological polar surface area (TPSA) is 0 Å². The Balaban J connectivity index is 0.000000845. The van der Waals surface area contributed by atoms with Crippen LogP contribution in [0.3, 0.4) is 0 Å². The van der Waals surface area contributed by atoms with Crippen molar-refractivity contribution in [2.75, 3.05) is 0 Å². The first-order valence-corrected chi connectivity index (χ1v) is 6.94. The molecule has 0 saturated carbocycles. The van der Waals surface area contributed by atoms with Crippen LogP contribution in [0.5, 0.6) is 0 Å². The zero-order chi connectivity index (χ0) is 8.55. The van der Waals surface area contributed by atoms with E-state index >= 15 is 0 Å². The maximum absolute atomic E-state index is 2.38. The summed E-state index contributed by atoms with van der Waals surface area (Å²) in [5, 5.41) is 0. The van der Waals surface area contributed by atoms with Crippen LogP contribution in [-0.2, 0) is 0 Å². The molecule has 0 bridgehead atoms. The first-order valence-electron chi connectivity index (χ1n) is 4.36. The van der Waals surface area contributed by atoms with E-state index in [-0.39, 0.29) is 29.1 Å². The van der Waals surface area contributed by atoms with Crippen LogP contribution in [0.4, 0.5) is 0 Å². The van der Waals surface area contributed by atoms with Gasteiger partial charge >= 0.3 is 18.9 Å². The Kier molecular flexibility index (Phi) is 3.61. The van der Waals surface area contributed by atoms with E-state index in [1.807, 2.05) is 0 Å². The molecule has 0 spiro atoms. The molecule has 0 amide bonds. The van der Waals surface area contributed by atoms with E-state index in [0.717, 1.165) is 5.54 Å². The van der Waals surface area contributed by atoms with Crippen LogP contribution in [-0.4, -0.2) is 8.80 Å². The van der Waals surface area contributed by atoms with Crippen molar-refractivity contribution in [2.45, 2.75) is 18.6 Å². The largest absolute Gasteiger partial charge is 1.00 e. The number of allylic oxidation sites excluding steroid dienone is 1. The molecule has 2 heteroatoms. The molecule has 63 valence electrons. The zero-order valence-corrected chi connectivity index (χ0v) is 9.54. The minimum atomic E-state index is -0.211. The predicted octanol–water partition coefficient (Wildman–Crippen LogP) is 0.207. The Bertz CT molecular complexity index is 323. The van der Waals surface area contributed by atoms with Gasteiger partial charge in [0, 0.05) is 0 Å². The van der Waals surface area contributed by atoms with Crippen LogP contribution in [0.15, 0.2) is 30.3 Å². The van der Waals surface area contributed by atoms with Crippen molar-refractivity contribution >= 4 is 14.9 Å². The normalized spacial score (nSPS) is 18.5. The van der Waals surface area contributed by atoms with E-state index in [4.69, 9.17) is 0 Å². The Morgan fingerprint density at radius 1 is 1.23 bits per heavy atom. The van der Waals surface area contributed by atoms with E-state index in [9.17, 15) is 0 Å². The fraction of sp³-hybridized carbons (Fsp3) is 0.273. The fourth-order valence-electron chi connectivity index (χ4n) is 1.75. The average molecular weight is 181 g/mol. The maximum Gasteiger partial charge on any atom is 1.00 e. The van der Waals surface area contributed by atoms with Gasteiger partial charge in [-0.15, -0.1) is 0 Å². The predicted molar refractivity (Wildman–Crippen MR) is 56.8 cm³/mol. The van der Waals surface area contributed by atoms with Crippen molar-refractivity contribution in [3.63, 3.8) is 0 Å². The average Bonchev–Trinajstić information content (AvgIpc) is 2.47. The smallest absolute Gasteiger partial charge is 1.00 e. The minimum Gasteiger partial charge on any atom is -1.00 e. The molecule has 0 fully saturated rings. The van der Waals surface area contributed by atoms with Gasteiger partial charge in [-0.25, -0.2) is 0 Å². The molecule has 0 N–H and O–H groups in total. The molecule has 0 aromatic heterocycles. The Morgan fingerprint density at radius 2 is 1.92 bits per heavy atom. The SMILES string of the molecule is C[Si](C)C1C=Cc2ccccc21.[H-].[Li+]. The quantitative estimate of drug-likeness (QED) is 0.543. The summed E-state index contributed by atoms with van der Waals surface area (Å²) in [6.45, 7) is 4.75. The molecule has 0 saturated heterocycles. The number of benzene rings is 1. The van der Waals surface area contributed by atoms with Gasteiger partial charge in [-0.2, -0.15) is 0 Å². The molecule has 0 aliphatic heterocycles. The van der Waals surface area contributed by atoms with Gasteiger partial charge < -0.3 is 1.43 Å². The van der Waals surface area contributed by atoms with Gasteiger partial charge in [-0.1, -0.05) is 49.5 Å². The summed E-state index contributed by atoms with van der Waals surface area (Å²) in [6, 6.07) is 8.72. The van der Waals surface area contributed by atoms with Gasteiger partial charge in [0.1, 0.15) is 0 Å². The summed E-state index contributed by atoms with van der Waals surface area (Å²) < 4.78 is 0. The van der Waals surface area contributed by atoms with Crippen LogP contribution in [0, 0.1) is 0 Å². The summed E-state index contributed by atoms with van der Waals surface area (Å²) in [5.74, 6) is 0. The third-order valence-corrected chi connectivity index (χ3v) is 4.17. The van der Waals surface area contributed by atoms with Crippen molar-refractivity contribution < 1.29 is 20.3 Å². The fourth-order valence-corrected chi connectivity index (χ4v) is 3.12. The summed E-state index contributed by atoms with van der Waals surface area (Å²) in [7, 11) is -0.211. The first kappa shape index (κ1) is 10.9. The molecular formula is C11H14LiSi. The van der Waals surface area contributed by atoms with E-state index in [1.165, 1.54) is 11.1 Å². The monoisotopic (exact) mass is 181 g/mol. The number of fused-ring (bicyclic) bond motifs is 1. The number of rotatable bonds is 1. The van der Waals surface area contributed by atoms with Gasteiger partial charge in [0.2, 0.25) is 0 Å². The molecule has 1 aliphatic carbocycles. The minimum absolute atomic E-state index is 0. The molecule has 1 aromatic rings. The molecule has 1 unspecified atom stereocenters. The number of hydrogen-bond acceptors (Lipinski definition) is 0. The second-order valence-electron chi connectivity index (χ2n) is 3.54. The van der Waals surface area contributed by atoms with E-state index in [2.05, 4.69) is 49.5 Å². The maximum atomic E-state index is 2.38. The Labute approximate surface area is 95.3 Å². The van der Waals surface area contributed by atoms with Gasteiger partial charge in [0.05, 0.1) is 8.80 Å². The van der Waals surface area contributed by atoms with Crippen molar-refractivity contribution in [3.05, 3.63) is 41.5 Å². The molecule has 13 heavy (non-hydrogen) atoms. The number of hydrogen-bond donors (Lipinski definition) is 0. The van der Waals surface area contributed by atoms with Crippen molar-refractivity contribution in [1.29, 1.82) is 0 Å². The summed E-state index contributed by atoms with van der Waals surface area (Å²) in [4.78, 5) is 0. The Morgan fingerprint density at radius 3 is 2.62 bits per heavy atom. The van der Waals surface area contributed by atoms with E-state index in [0.29, 0.717) is 0 Å². The molecular weight excluding hydrogens is 167 g/mol. The van der Waals surface area contributed by atoms with Crippen LogP contribution >= 0.6 is 0 Å². The molecule has 1 atom stereocenters. The molecule has 0 heterocycles. The standard InChI is InChI=1S/C11H13Si.Li.H/c1-12(2)11-8-7-9-5-3-4-6-10(9)11;;/h3-8,11H,1-2H3;;/q;+1;-1. The summed E-state index contributed by atoms with van der Waals surface area (Å²) in [5.41, 5.74) is 3.70. The van der Waals surface area contributed by atoms with E-state index in [1.54, 1.807) is 0 Å². The van der Waals surface area contributed by atoms with Crippen molar-refractivity contribution in [3.8, 4) is 0 Å². The van der Waals surface area contributed by atoms with Gasteiger partial charge in [0.15, 0.2) is 0 Å². The second-order valence-corrected chi connectivity index (χ2v) is 6.32. The molecule has 1 aliphatic rings. The first-order chi connectivity index (χ1) is 5.79. The van der Waals surface area contributed by atoms with Gasteiger partial charge in [-0.05, 0) is 16.7 Å². The van der Waals surface area contributed by atoms with Crippen LogP contribution in [0.25, 0.3) is 6.08 Å². The molecule has 2 rings (SSSR count). The van der Waals surface area contributed by atoms with Gasteiger partial charge in [0.25, 0.3) is 0 Å². The zero-order valence-electron chi connectivity index (χ0n) is 9.54. The van der Waals surface area contributed by atoms with Crippen LogP contribution < -0.4 is 18.9 Å². The Hall–Kier alpha value is -0.226.